The van der Waals surface area contributed by atoms with Gasteiger partial charge in [0, 0.05) is 5.56 Å². The Hall–Kier alpha value is -3.26. The van der Waals surface area contributed by atoms with E-state index in [1.54, 1.807) is 0 Å². The lowest BCUT2D eigenvalue weighted by Gasteiger charge is -2.15. The number of rotatable bonds is 5. The standard InChI is InChI=1S/C18H15ClO8/c1-7-4-8(12(17(23)24)10(20)5-7)15(21)13-9(18(25)27-3)6-11(26-2)14(19)16(13)22/h4-6,20,22H,1-3H3,(H,23,24). The number of carboxylic acids is 1. The summed E-state index contributed by atoms with van der Waals surface area (Å²) in [6.07, 6.45) is 0. The van der Waals surface area contributed by atoms with Crippen molar-refractivity contribution < 1.29 is 39.2 Å². The molecule has 0 aliphatic rings. The van der Waals surface area contributed by atoms with Gasteiger partial charge in [-0.05, 0) is 30.7 Å². The fraction of sp³-hybridized carbons (Fsp3) is 0.167. The van der Waals surface area contributed by atoms with Crippen LogP contribution in [0.2, 0.25) is 5.02 Å². The molecule has 0 amide bonds. The Balaban J connectivity index is 2.87. The molecular weight excluding hydrogens is 380 g/mol. The molecule has 27 heavy (non-hydrogen) atoms. The summed E-state index contributed by atoms with van der Waals surface area (Å²) in [5, 5.41) is 29.3. The maximum Gasteiger partial charge on any atom is 0.340 e. The van der Waals surface area contributed by atoms with E-state index in [9.17, 15) is 29.7 Å². The van der Waals surface area contributed by atoms with Gasteiger partial charge in [-0.15, -0.1) is 0 Å². The van der Waals surface area contributed by atoms with Gasteiger partial charge in [-0.3, -0.25) is 4.79 Å². The van der Waals surface area contributed by atoms with Crippen LogP contribution < -0.4 is 4.74 Å². The molecule has 0 saturated heterocycles. The molecule has 2 rings (SSSR count). The first-order valence-electron chi connectivity index (χ1n) is 7.43. The third-order valence-corrected chi connectivity index (χ3v) is 4.14. The normalized spacial score (nSPS) is 10.4. The van der Waals surface area contributed by atoms with E-state index < -0.39 is 45.9 Å². The first-order valence-corrected chi connectivity index (χ1v) is 7.81. The number of phenols is 2. The van der Waals surface area contributed by atoms with Crippen LogP contribution >= 0.6 is 11.6 Å². The van der Waals surface area contributed by atoms with Gasteiger partial charge in [0.2, 0.25) is 0 Å². The van der Waals surface area contributed by atoms with Crippen molar-refractivity contribution >= 4 is 29.3 Å². The van der Waals surface area contributed by atoms with E-state index in [0.29, 0.717) is 5.56 Å². The summed E-state index contributed by atoms with van der Waals surface area (Å²) in [5.41, 5.74) is -1.66. The van der Waals surface area contributed by atoms with E-state index in [1.165, 1.54) is 26.2 Å². The van der Waals surface area contributed by atoms with Crippen molar-refractivity contribution in [2.45, 2.75) is 6.92 Å². The second-order valence-electron chi connectivity index (χ2n) is 5.50. The van der Waals surface area contributed by atoms with E-state index >= 15 is 0 Å². The highest BCUT2D eigenvalue weighted by Gasteiger charge is 2.31. The zero-order valence-corrected chi connectivity index (χ0v) is 15.2. The first-order chi connectivity index (χ1) is 12.6. The topological polar surface area (TPSA) is 130 Å². The molecule has 8 nitrogen and oxygen atoms in total. The first kappa shape index (κ1) is 20.1. The lowest BCUT2D eigenvalue weighted by molar-refractivity contribution is 0.0596. The number of benzene rings is 2. The number of aromatic carboxylic acids is 1. The number of methoxy groups -OCH3 is 2. The second-order valence-corrected chi connectivity index (χ2v) is 5.87. The molecule has 142 valence electrons. The molecule has 0 aliphatic carbocycles. The van der Waals surface area contributed by atoms with Gasteiger partial charge >= 0.3 is 11.9 Å². The Morgan fingerprint density at radius 3 is 2.15 bits per heavy atom. The minimum absolute atomic E-state index is 0.0864. The van der Waals surface area contributed by atoms with Crippen LogP contribution in [-0.2, 0) is 4.74 Å². The van der Waals surface area contributed by atoms with Crippen molar-refractivity contribution in [1.29, 1.82) is 0 Å². The number of hydrogen-bond acceptors (Lipinski definition) is 7. The fourth-order valence-corrected chi connectivity index (χ4v) is 2.80. The summed E-state index contributed by atoms with van der Waals surface area (Å²) in [4.78, 5) is 36.7. The SMILES string of the molecule is COC(=O)c1cc(OC)c(Cl)c(O)c1C(=O)c1cc(C)cc(O)c1C(=O)O. The van der Waals surface area contributed by atoms with Crippen LogP contribution in [0.5, 0.6) is 17.2 Å². The highest BCUT2D eigenvalue weighted by Crippen LogP contribution is 2.40. The van der Waals surface area contributed by atoms with Crippen molar-refractivity contribution in [3.63, 3.8) is 0 Å². The summed E-state index contributed by atoms with van der Waals surface area (Å²) < 4.78 is 9.57. The zero-order chi connectivity index (χ0) is 20.5. The van der Waals surface area contributed by atoms with E-state index in [-0.39, 0.29) is 16.3 Å². The predicted octanol–water partition coefficient (Wildman–Crippen LogP) is 2.78. The zero-order valence-electron chi connectivity index (χ0n) is 14.5. The van der Waals surface area contributed by atoms with Crippen molar-refractivity contribution in [2.75, 3.05) is 14.2 Å². The summed E-state index contributed by atoms with van der Waals surface area (Å²) in [6.45, 7) is 1.53. The average molecular weight is 395 g/mol. The van der Waals surface area contributed by atoms with Gasteiger partial charge in [-0.25, -0.2) is 9.59 Å². The molecule has 3 N–H and O–H groups in total. The van der Waals surface area contributed by atoms with Crippen LogP contribution in [0.15, 0.2) is 18.2 Å². The third kappa shape index (κ3) is 3.52. The molecule has 0 bridgehead atoms. The summed E-state index contributed by atoms with van der Waals surface area (Å²) in [7, 11) is 2.31. The van der Waals surface area contributed by atoms with Crippen LogP contribution in [-0.4, -0.2) is 47.3 Å². The average Bonchev–Trinajstić information content (AvgIpc) is 2.61. The molecular formula is C18H15ClO8. The summed E-state index contributed by atoms with van der Waals surface area (Å²) >= 11 is 5.97. The highest BCUT2D eigenvalue weighted by molar-refractivity contribution is 6.35. The Kier molecular flexibility index (Phi) is 5.61. The number of carboxylic acid groups (broad SMARTS) is 1. The van der Waals surface area contributed by atoms with E-state index in [1.807, 2.05) is 0 Å². The van der Waals surface area contributed by atoms with Gasteiger partial charge in [0.15, 0.2) is 5.78 Å². The van der Waals surface area contributed by atoms with Crippen LogP contribution in [0, 0.1) is 6.92 Å². The maximum absolute atomic E-state index is 13.0. The number of carbonyl (C=O) groups is 3. The lowest BCUT2D eigenvalue weighted by atomic mass is 9.92. The maximum atomic E-state index is 13.0. The molecule has 9 heteroatoms. The smallest absolute Gasteiger partial charge is 0.340 e. The van der Waals surface area contributed by atoms with Crippen LogP contribution in [0.1, 0.15) is 42.2 Å². The highest BCUT2D eigenvalue weighted by atomic mass is 35.5. The number of ketones is 1. The fourth-order valence-electron chi connectivity index (χ4n) is 2.58. The number of aromatic hydroxyl groups is 2. The minimum atomic E-state index is -1.56. The number of phenolic OH excluding ortho intramolecular Hbond substituents is 1. The Bertz CT molecular complexity index is 965. The van der Waals surface area contributed by atoms with Gasteiger partial charge in [0.05, 0.1) is 25.3 Å². The Morgan fingerprint density at radius 1 is 1.00 bits per heavy atom. The molecule has 0 spiro atoms. The van der Waals surface area contributed by atoms with Gasteiger partial charge in [-0.2, -0.15) is 0 Å². The number of ether oxygens (including phenoxy) is 2. The van der Waals surface area contributed by atoms with Gasteiger partial charge in [0.25, 0.3) is 0 Å². The number of halogens is 1. The van der Waals surface area contributed by atoms with Crippen LogP contribution in [0.3, 0.4) is 0 Å². The number of hydrogen-bond donors (Lipinski definition) is 3. The minimum Gasteiger partial charge on any atom is -0.507 e. The molecule has 2 aromatic rings. The molecule has 0 heterocycles. The monoisotopic (exact) mass is 394 g/mol. The van der Waals surface area contributed by atoms with Crippen LogP contribution in [0.4, 0.5) is 0 Å². The molecule has 0 radical (unpaired) electrons. The largest absolute Gasteiger partial charge is 0.507 e. The molecule has 2 aromatic carbocycles. The van der Waals surface area contributed by atoms with Crippen molar-refractivity contribution in [3.8, 4) is 17.2 Å². The molecule has 0 unspecified atom stereocenters. The van der Waals surface area contributed by atoms with E-state index in [4.69, 9.17) is 16.3 Å². The predicted molar refractivity (Wildman–Crippen MR) is 94.2 cm³/mol. The molecule has 0 atom stereocenters. The van der Waals surface area contributed by atoms with Gasteiger partial charge in [0.1, 0.15) is 27.8 Å². The molecule has 0 saturated carbocycles. The summed E-state index contributed by atoms with van der Waals surface area (Å²) in [5.74, 6) is -5.07. The number of carbonyl (C=O) groups excluding carboxylic acids is 2. The summed E-state index contributed by atoms with van der Waals surface area (Å²) in [6, 6.07) is 3.48. The number of aryl methyl sites for hydroxylation is 1. The number of esters is 1. The van der Waals surface area contributed by atoms with Gasteiger partial charge in [-0.1, -0.05) is 11.6 Å². The van der Waals surface area contributed by atoms with Crippen molar-refractivity contribution in [3.05, 3.63) is 51.0 Å². The quantitative estimate of drug-likeness (QED) is 0.521. The van der Waals surface area contributed by atoms with Crippen molar-refractivity contribution in [1.82, 2.24) is 0 Å². The van der Waals surface area contributed by atoms with E-state index in [2.05, 4.69) is 4.74 Å². The van der Waals surface area contributed by atoms with Gasteiger partial charge < -0.3 is 24.8 Å². The second kappa shape index (κ2) is 7.55. The molecule has 0 aromatic heterocycles. The Morgan fingerprint density at radius 2 is 1.63 bits per heavy atom. The lowest BCUT2D eigenvalue weighted by Crippen LogP contribution is -2.16. The van der Waals surface area contributed by atoms with E-state index in [0.717, 1.165) is 13.2 Å². The Labute approximate surface area is 158 Å². The van der Waals surface area contributed by atoms with Crippen LogP contribution in [0.25, 0.3) is 0 Å². The van der Waals surface area contributed by atoms with Crippen molar-refractivity contribution in [2.24, 2.45) is 0 Å². The molecule has 0 aliphatic heterocycles. The third-order valence-electron chi connectivity index (χ3n) is 3.78. The molecule has 0 fully saturated rings.